The van der Waals surface area contributed by atoms with E-state index in [9.17, 15) is 0 Å². The average Bonchev–Trinajstić information content (AvgIpc) is 3.27. The fraction of sp³-hybridized carbons (Fsp3) is 0.571. The van der Waals surface area contributed by atoms with Crippen LogP contribution >= 0.6 is 11.3 Å². The maximum atomic E-state index is 5.55. The molecule has 0 aromatic carbocycles. The highest BCUT2D eigenvalue weighted by atomic mass is 32.1. The second-order valence-electron chi connectivity index (χ2n) is 7.95. The third-order valence-corrected chi connectivity index (χ3v) is 6.81. The number of nitrogens with zero attached hydrogens (tertiary/aromatic N) is 3. The summed E-state index contributed by atoms with van der Waals surface area (Å²) in [6, 6.07) is 8.99. The lowest BCUT2D eigenvalue weighted by atomic mass is 9.76. The molecular weight excluding hydrogens is 342 g/mol. The standard InChI is InChI=1S/C21H29N3OS/c1-25-15-20-12-21(17-24(20)14-19-4-2-3-8-22-19)6-9-23(10-7-21)13-18-5-11-26-16-18/h2-5,8,11,16,20H,6-7,9-10,12-15,17H2,1H3. The zero-order valence-electron chi connectivity index (χ0n) is 15.6. The minimum Gasteiger partial charge on any atom is -0.383 e. The zero-order valence-corrected chi connectivity index (χ0v) is 16.5. The molecule has 2 aromatic rings. The van der Waals surface area contributed by atoms with Crippen LogP contribution in [0.1, 0.15) is 30.5 Å². The third-order valence-electron chi connectivity index (χ3n) is 6.08. The molecule has 1 atom stereocenters. The van der Waals surface area contributed by atoms with Gasteiger partial charge in [-0.3, -0.25) is 14.8 Å². The van der Waals surface area contributed by atoms with E-state index in [1.807, 2.05) is 19.4 Å². The number of aromatic nitrogens is 1. The van der Waals surface area contributed by atoms with Crippen molar-refractivity contribution in [1.29, 1.82) is 0 Å². The van der Waals surface area contributed by atoms with E-state index in [1.54, 1.807) is 11.3 Å². The van der Waals surface area contributed by atoms with E-state index in [2.05, 4.69) is 43.7 Å². The summed E-state index contributed by atoms with van der Waals surface area (Å²) in [6.07, 6.45) is 5.77. The molecule has 140 valence electrons. The second kappa shape index (κ2) is 8.17. The molecule has 0 amide bonds. The van der Waals surface area contributed by atoms with Crippen molar-refractivity contribution in [2.24, 2.45) is 5.41 Å². The van der Waals surface area contributed by atoms with Crippen LogP contribution < -0.4 is 0 Å². The number of methoxy groups -OCH3 is 1. The highest BCUT2D eigenvalue weighted by Crippen LogP contribution is 2.44. The lowest BCUT2D eigenvalue weighted by Crippen LogP contribution is -2.41. The highest BCUT2D eigenvalue weighted by molar-refractivity contribution is 7.07. The first-order valence-electron chi connectivity index (χ1n) is 9.63. The molecule has 2 aliphatic rings. The van der Waals surface area contributed by atoms with Gasteiger partial charge in [0.25, 0.3) is 0 Å². The summed E-state index contributed by atoms with van der Waals surface area (Å²) in [5.74, 6) is 0. The van der Waals surface area contributed by atoms with Gasteiger partial charge < -0.3 is 4.74 Å². The Kier molecular flexibility index (Phi) is 5.69. The van der Waals surface area contributed by atoms with Crippen molar-refractivity contribution in [3.05, 3.63) is 52.5 Å². The number of rotatable bonds is 6. The second-order valence-corrected chi connectivity index (χ2v) is 8.73. The molecule has 0 bridgehead atoms. The van der Waals surface area contributed by atoms with Crippen molar-refractivity contribution < 1.29 is 4.74 Å². The number of likely N-dealkylation sites (tertiary alicyclic amines) is 2. The molecule has 1 unspecified atom stereocenters. The first-order chi connectivity index (χ1) is 12.8. The van der Waals surface area contributed by atoms with Crippen LogP contribution in [0.2, 0.25) is 0 Å². The van der Waals surface area contributed by atoms with E-state index < -0.39 is 0 Å². The molecule has 2 fully saturated rings. The first-order valence-corrected chi connectivity index (χ1v) is 10.6. The van der Waals surface area contributed by atoms with Crippen molar-refractivity contribution >= 4 is 11.3 Å². The lowest BCUT2D eigenvalue weighted by molar-refractivity contribution is 0.101. The SMILES string of the molecule is COCC1CC2(CCN(Cc3ccsc3)CC2)CN1Cc1ccccn1. The molecule has 0 aliphatic carbocycles. The van der Waals surface area contributed by atoms with Gasteiger partial charge in [0.05, 0.1) is 12.3 Å². The van der Waals surface area contributed by atoms with Crippen molar-refractivity contribution in [1.82, 2.24) is 14.8 Å². The maximum Gasteiger partial charge on any atom is 0.0618 e. The fourth-order valence-electron chi connectivity index (χ4n) is 4.68. The summed E-state index contributed by atoms with van der Waals surface area (Å²) < 4.78 is 5.55. The smallest absolute Gasteiger partial charge is 0.0618 e. The Balaban J connectivity index is 1.38. The van der Waals surface area contributed by atoms with Crippen LogP contribution in [0.15, 0.2) is 41.2 Å². The Morgan fingerprint density at radius 3 is 2.81 bits per heavy atom. The number of thiophene rings is 1. The normalized spacial score (nSPS) is 23.7. The molecule has 0 saturated carbocycles. The van der Waals surface area contributed by atoms with Gasteiger partial charge in [-0.1, -0.05) is 6.07 Å². The summed E-state index contributed by atoms with van der Waals surface area (Å²) in [5, 5.41) is 4.46. The van der Waals surface area contributed by atoms with Crippen molar-refractivity contribution in [3.63, 3.8) is 0 Å². The van der Waals surface area contributed by atoms with Gasteiger partial charge in [0.1, 0.15) is 0 Å². The largest absolute Gasteiger partial charge is 0.383 e. The predicted octanol–water partition coefficient (Wildman–Crippen LogP) is 3.65. The molecule has 4 rings (SSSR count). The van der Waals surface area contributed by atoms with Crippen LogP contribution in [-0.2, 0) is 17.8 Å². The molecule has 1 spiro atoms. The van der Waals surface area contributed by atoms with Gasteiger partial charge in [0, 0.05) is 39.0 Å². The summed E-state index contributed by atoms with van der Waals surface area (Å²) >= 11 is 1.80. The lowest BCUT2D eigenvalue weighted by Gasteiger charge is -2.39. The number of pyridine rings is 1. The monoisotopic (exact) mass is 371 g/mol. The van der Waals surface area contributed by atoms with Gasteiger partial charge in [-0.15, -0.1) is 0 Å². The van der Waals surface area contributed by atoms with Gasteiger partial charge in [-0.25, -0.2) is 0 Å². The van der Waals surface area contributed by atoms with E-state index >= 15 is 0 Å². The number of hydrogen-bond donors (Lipinski definition) is 0. The third kappa shape index (κ3) is 4.17. The summed E-state index contributed by atoms with van der Waals surface area (Å²) in [5.41, 5.74) is 3.09. The van der Waals surface area contributed by atoms with Crippen LogP contribution in [0.5, 0.6) is 0 Å². The topological polar surface area (TPSA) is 28.6 Å². The van der Waals surface area contributed by atoms with Gasteiger partial charge in [0.15, 0.2) is 0 Å². The fourth-order valence-corrected chi connectivity index (χ4v) is 5.34. The predicted molar refractivity (Wildman–Crippen MR) is 106 cm³/mol. The van der Waals surface area contributed by atoms with Crippen molar-refractivity contribution in [2.75, 3.05) is 33.4 Å². The average molecular weight is 372 g/mol. The van der Waals surface area contributed by atoms with Gasteiger partial charge in [-0.05, 0) is 72.3 Å². The quantitative estimate of drug-likeness (QED) is 0.775. The van der Waals surface area contributed by atoms with Gasteiger partial charge >= 0.3 is 0 Å². The van der Waals surface area contributed by atoms with Crippen molar-refractivity contribution in [3.8, 4) is 0 Å². The highest BCUT2D eigenvalue weighted by Gasteiger charge is 2.45. The Bertz CT molecular complexity index is 668. The molecule has 26 heavy (non-hydrogen) atoms. The Labute approximate surface area is 160 Å². The molecular formula is C21H29N3OS. The van der Waals surface area contributed by atoms with Crippen LogP contribution in [0, 0.1) is 5.41 Å². The van der Waals surface area contributed by atoms with E-state index in [-0.39, 0.29) is 0 Å². The minimum atomic E-state index is 0.461. The molecule has 5 heteroatoms. The van der Waals surface area contributed by atoms with E-state index in [1.165, 1.54) is 50.2 Å². The number of piperidine rings is 1. The Morgan fingerprint density at radius 2 is 2.12 bits per heavy atom. The maximum absolute atomic E-state index is 5.55. The van der Waals surface area contributed by atoms with Crippen molar-refractivity contribution in [2.45, 2.75) is 38.4 Å². The molecule has 4 nitrogen and oxygen atoms in total. The zero-order chi connectivity index (χ0) is 17.8. The van der Waals surface area contributed by atoms with Crippen LogP contribution in [0.3, 0.4) is 0 Å². The first kappa shape index (κ1) is 18.1. The van der Waals surface area contributed by atoms with Gasteiger partial charge in [-0.2, -0.15) is 11.3 Å². The van der Waals surface area contributed by atoms with Crippen LogP contribution in [0.4, 0.5) is 0 Å². The molecule has 2 saturated heterocycles. The van der Waals surface area contributed by atoms with E-state index in [4.69, 9.17) is 4.74 Å². The van der Waals surface area contributed by atoms with Crippen LogP contribution in [0.25, 0.3) is 0 Å². The summed E-state index contributed by atoms with van der Waals surface area (Å²) in [4.78, 5) is 9.77. The number of hydrogen-bond acceptors (Lipinski definition) is 5. The van der Waals surface area contributed by atoms with Gasteiger partial charge in [0.2, 0.25) is 0 Å². The number of ether oxygens (including phenoxy) is 1. The Hall–Kier alpha value is -1.27. The minimum absolute atomic E-state index is 0.461. The summed E-state index contributed by atoms with van der Waals surface area (Å²) in [7, 11) is 1.83. The molecule has 0 N–H and O–H groups in total. The summed E-state index contributed by atoms with van der Waals surface area (Å²) in [6.45, 7) is 6.49. The Morgan fingerprint density at radius 1 is 1.23 bits per heavy atom. The molecule has 2 aliphatic heterocycles. The van der Waals surface area contributed by atoms with Crippen LogP contribution in [-0.4, -0.2) is 54.2 Å². The van der Waals surface area contributed by atoms with E-state index in [0.29, 0.717) is 11.5 Å². The molecule has 2 aromatic heterocycles. The molecule has 4 heterocycles. The van der Waals surface area contributed by atoms with E-state index in [0.717, 1.165) is 19.7 Å². The molecule has 0 radical (unpaired) electrons.